The lowest BCUT2D eigenvalue weighted by molar-refractivity contribution is 0.240. The molecule has 0 aromatic rings. The monoisotopic (exact) mass is 215 g/mol. The Bertz CT molecular complexity index is 150. The van der Waals surface area contributed by atoms with Crippen LogP contribution in [0.4, 0.5) is 0 Å². The summed E-state index contributed by atoms with van der Waals surface area (Å²) >= 11 is 1.95. The van der Waals surface area contributed by atoms with E-state index in [0.29, 0.717) is 0 Å². The van der Waals surface area contributed by atoms with Crippen LogP contribution in [-0.2, 0) is 0 Å². The highest BCUT2D eigenvalue weighted by Gasteiger charge is 2.23. The third-order valence-electron chi connectivity index (χ3n) is 3.27. The number of hydrogen-bond acceptors (Lipinski definition) is 2. The molecule has 1 fully saturated rings. The summed E-state index contributed by atoms with van der Waals surface area (Å²) in [6.07, 6.45) is 6.38. The first kappa shape index (κ1) is 12.4. The highest BCUT2D eigenvalue weighted by Crippen LogP contribution is 2.28. The number of thioether (sulfide) groups is 1. The largest absolute Gasteiger partial charge is 0.313 e. The van der Waals surface area contributed by atoms with Crippen molar-refractivity contribution in [3.8, 4) is 0 Å². The van der Waals surface area contributed by atoms with Crippen LogP contribution < -0.4 is 5.32 Å². The minimum Gasteiger partial charge on any atom is -0.313 e. The van der Waals surface area contributed by atoms with Crippen molar-refractivity contribution >= 4 is 11.8 Å². The van der Waals surface area contributed by atoms with E-state index in [9.17, 15) is 0 Å². The molecule has 1 saturated carbocycles. The van der Waals surface area contributed by atoms with Gasteiger partial charge in [-0.15, -0.1) is 0 Å². The fraction of sp³-hybridized carbons (Fsp3) is 1.00. The molecule has 1 N–H and O–H groups in total. The van der Waals surface area contributed by atoms with Gasteiger partial charge in [0.1, 0.15) is 0 Å². The number of hydrogen-bond donors (Lipinski definition) is 1. The van der Waals surface area contributed by atoms with Gasteiger partial charge < -0.3 is 5.32 Å². The van der Waals surface area contributed by atoms with Crippen LogP contribution in [-0.4, -0.2) is 24.1 Å². The molecule has 1 rings (SSSR count). The molecule has 0 aromatic heterocycles. The lowest BCUT2D eigenvalue weighted by atomic mass is 9.80. The zero-order valence-electron chi connectivity index (χ0n) is 10.0. The van der Waals surface area contributed by atoms with E-state index in [2.05, 4.69) is 32.3 Å². The first-order valence-corrected chi connectivity index (χ1v) is 7.16. The highest BCUT2D eigenvalue weighted by atomic mass is 32.2. The van der Waals surface area contributed by atoms with E-state index >= 15 is 0 Å². The fourth-order valence-corrected chi connectivity index (χ4v) is 2.79. The third-order valence-corrected chi connectivity index (χ3v) is 4.25. The average molecular weight is 215 g/mol. The predicted molar refractivity (Wildman–Crippen MR) is 66.9 cm³/mol. The molecule has 2 heteroatoms. The molecule has 0 bridgehead atoms. The Kier molecular flexibility index (Phi) is 5.32. The fourth-order valence-electron chi connectivity index (χ4n) is 2.53. The van der Waals surface area contributed by atoms with E-state index in [0.717, 1.165) is 23.1 Å². The minimum absolute atomic E-state index is 0.752. The third kappa shape index (κ3) is 4.22. The van der Waals surface area contributed by atoms with Gasteiger partial charge in [-0.2, -0.15) is 11.8 Å². The van der Waals surface area contributed by atoms with Crippen LogP contribution in [0.2, 0.25) is 0 Å². The van der Waals surface area contributed by atoms with Crippen molar-refractivity contribution in [1.82, 2.24) is 5.32 Å². The minimum atomic E-state index is 0.752. The number of nitrogens with one attached hydrogen (secondary N) is 1. The van der Waals surface area contributed by atoms with Gasteiger partial charge in [-0.1, -0.05) is 20.8 Å². The maximum Gasteiger partial charge on any atom is 0.0141 e. The zero-order chi connectivity index (χ0) is 10.6. The molecular formula is C12H25NS. The van der Waals surface area contributed by atoms with E-state index in [1.54, 1.807) is 0 Å². The quantitative estimate of drug-likeness (QED) is 0.773. The van der Waals surface area contributed by atoms with Gasteiger partial charge in [0.05, 0.1) is 0 Å². The second-order valence-electron chi connectivity index (χ2n) is 5.07. The summed E-state index contributed by atoms with van der Waals surface area (Å²) in [5.41, 5.74) is 0. The summed E-state index contributed by atoms with van der Waals surface area (Å²) in [4.78, 5) is 0. The molecule has 1 aliphatic rings. The number of rotatable bonds is 4. The van der Waals surface area contributed by atoms with Gasteiger partial charge in [0, 0.05) is 17.8 Å². The smallest absolute Gasteiger partial charge is 0.0141 e. The summed E-state index contributed by atoms with van der Waals surface area (Å²) < 4.78 is 0. The topological polar surface area (TPSA) is 12.0 Å². The van der Waals surface area contributed by atoms with E-state index in [-0.39, 0.29) is 0 Å². The molecule has 3 unspecified atom stereocenters. The first-order chi connectivity index (χ1) is 6.61. The molecule has 0 heterocycles. The van der Waals surface area contributed by atoms with Crippen LogP contribution in [0.15, 0.2) is 0 Å². The van der Waals surface area contributed by atoms with Crippen molar-refractivity contribution in [3.05, 3.63) is 0 Å². The van der Waals surface area contributed by atoms with Crippen molar-refractivity contribution in [2.24, 2.45) is 11.8 Å². The van der Waals surface area contributed by atoms with Crippen LogP contribution in [0.3, 0.4) is 0 Å². The van der Waals surface area contributed by atoms with Gasteiger partial charge in [-0.05, 0) is 37.4 Å². The normalized spacial score (nSPS) is 35.6. The Morgan fingerprint density at radius 2 is 1.79 bits per heavy atom. The second kappa shape index (κ2) is 6.02. The molecule has 1 aliphatic carbocycles. The van der Waals surface area contributed by atoms with E-state index in [1.165, 1.54) is 25.8 Å². The molecular weight excluding hydrogens is 190 g/mol. The van der Waals surface area contributed by atoms with Gasteiger partial charge in [0.25, 0.3) is 0 Å². The molecule has 84 valence electrons. The van der Waals surface area contributed by atoms with Crippen molar-refractivity contribution in [1.29, 1.82) is 0 Å². The molecule has 1 nitrogen and oxygen atoms in total. The van der Waals surface area contributed by atoms with Gasteiger partial charge in [-0.25, -0.2) is 0 Å². The van der Waals surface area contributed by atoms with E-state index in [1.807, 2.05) is 11.8 Å². The maximum absolute atomic E-state index is 3.71. The Morgan fingerprint density at radius 1 is 1.21 bits per heavy atom. The lowest BCUT2D eigenvalue weighted by Crippen LogP contribution is -2.39. The molecule has 0 saturated heterocycles. The van der Waals surface area contributed by atoms with Crippen molar-refractivity contribution in [3.63, 3.8) is 0 Å². The van der Waals surface area contributed by atoms with Crippen LogP contribution in [0.5, 0.6) is 0 Å². The molecule has 0 aliphatic heterocycles. The SMILES string of the molecule is CSC(C)CNC1CC(C)CC(C)C1. The average Bonchev–Trinajstić information content (AvgIpc) is 2.12. The maximum atomic E-state index is 3.71. The van der Waals surface area contributed by atoms with Crippen LogP contribution in [0.1, 0.15) is 40.0 Å². The Balaban J connectivity index is 2.23. The molecule has 0 radical (unpaired) electrons. The molecule has 0 spiro atoms. The Hall–Kier alpha value is 0.310. The molecule has 14 heavy (non-hydrogen) atoms. The van der Waals surface area contributed by atoms with Crippen molar-refractivity contribution in [2.45, 2.75) is 51.3 Å². The van der Waals surface area contributed by atoms with Gasteiger partial charge >= 0.3 is 0 Å². The van der Waals surface area contributed by atoms with E-state index in [4.69, 9.17) is 0 Å². The molecule has 3 atom stereocenters. The Morgan fingerprint density at radius 3 is 2.29 bits per heavy atom. The summed E-state index contributed by atoms with van der Waals surface area (Å²) in [6, 6.07) is 0.781. The first-order valence-electron chi connectivity index (χ1n) is 5.88. The van der Waals surface area contributed by atoms with Crippen LogP contribution in [0.25, 0.3) is 0 Å². The second-order valence-corrected chi connectivity index (χ2v) is 6.35. The highest BCUT2D eigenvalue weighted by molar-refractivity contribution is 7.99. The van der Waals surface area contributed by atoms with Crippen molar-refractivity contribution in [2.75, 3.05) is 12.8 Å². The summed E-state index contributed by atoms with van der Waals surface area (Å²) in [5, 5.41) is 4.46. The van der Waals surface area contributed by atoms with Gasteiger partial charge in [0.15, 0.2) is 0 Å². The summed E-state index contributed by atoms with van der Waals surface area (Å²) in [7, 11) is 0. The van der Waals surface area contributed by atoms with Crippen LogP contribution >= 0.6 is 11.8 Å². The van der Waals surface area contributed by atoms with Crippen molar-refractivity contribution < 1.29 is 0 Å². The molecule has 0 aromatic carbocycles. The van der Waals surface area contributed by atoms with Crippen LogP contribution in [0, 0.1) is 11.8 Å². The molecule has 0 amide bonds. The zero-order valence-corrected chi connectivity index (χ0v) is 10.9. The predicted octanol–water partition coefficient (Wildman–Crippen LogP) is 3.15. The van der Waals surface area contributed by atoms with E-state index < -0.39 is 0 Å². The summed E-state index contributed by atoms with van der Waals surface area (Å²) in [5.74, 6) is 1.83. The van der Waals surface area contributed by atoms with Gasteiger partial charge in [-0.3, -0.25) is 0 Å². The standard InChI is InChI=1S/C12H25NS/c1-9-5-10(2)7-12(6-9)13-8-11(3)14-4/h9-13H,5-8H2,1-4H3. The lowest BCUT2D eigenvalue weighted by Gasteiger charge is -2.32. The summed E-state index contributed by atoms with van der Waals surface area (Å²) in [6.45, 7) is 8.25. The van der Waals surface area contributed by atoms with Gasteiger partial charge in [0.2, 0.25) is 0 Å². The Labute approximate surface area is 93.4 Å².